The van der Waals surface area contributed by atoms with Gasteiger partial charge in [-0.2, -0.15) is 11.3 Å². The van der Waals surface area contributed by atoms with Gasteiger partial charge in [0.15, 0.2) is 5.11 Å². The minimum Gasteiger partial charge on any atom is -0.385 e. The molecule has 0 saturated carbocycles. The summed E-state index contributed by atoms with van der Waals surface area (Å²) < 4.78 is 4.97. The van der Waals surface area contributed by atoms with E-state index in [1.54, 1.807) is 18.4 Å². The molecule has 1 heterocycles. The molecule has 1 aromatic rings. The number of thiocarbonyl (C=S) groups is 1. The molecule has 90 valence electrons. The van der Waals surface area contributed by atoms with Gasteiger partial charge < -0.3 is 15.0 Å². The molecule has 0 bridgehead atoms. The van der Waals surface area contributed by atoms with E-state index in [2.05, 4.69) is 22.1 Å². The first-order valence-corrected chi connectivity index (χ1v) is 6.58. The van der Waals surface area contributed by atoms with Crippen LogP contribution in [0.2, 0.25) is 0 Å². The fraction of sp³-hybridized carbons (Fsp3) is 0.545. The van der Waals surface area contributed by atoms with E-state index in [9.17, 15) is 0 Å². The molecular weight excluding hydrogens is 240 g/mol. The van der Waals surface area contributed by atoms with Gasteiger partial charge in [0.25, 0.3) is 0 Å². The third-order valence-corrected chi connectivity index (χ3v) is 3.34. The first kappa shape index (κ1) is 13.4. The van der Waals surface area contributed by atoms with Gasteiger partial charge >= 0.3 is 0 Å². The van der Waals surface area contributed by atoms with Crippen LogP contribution >= 0.6 is 23.6 Å². The normalized spacial score (nSPS) is 10.1. The second-order valence-electron chi connectivity index (χ2n) is 3.57. The number of thiophene rings is 1. The summed E-state index contributed by atoms with van der Waals surface area (Å²) in [7, 11) is 3.71. The standard InChI is InChI=1S/C11H18N2OS2/c1-13(8-10-4-7-16-9-10)11(15)12-5-3-6-14-2/h4,7,9H,3,5-6,8H2,1-2H3,(H,12,15). The van der Waals surface area contributed by atoms with Crippen LogP contribution in [-0.4, -0.2) is 37.3 Å². The summed E-state index contributed by atoms with van der Waals surface area (Å²) in [5, 5.41) is 8.23. The summed E-state index contributed by atoms with van der Waals surface area (Å²) in [6.07, 6.45) is 0.975. The van der Waals surface area contributed by atoms with E-state index in [0.29, 0.717) is 0 Å². The Morgan fingerprint density at radius 1 is 1.62 bits per heavy atom. The van der Waals surface area contributed by atoms with Crippen molar-refractivity contribution in [2.75, 3.05) is 27.3 Å². The minimum atomic E-state index is 0.768. The minimum absolute atomic E-state index is 0.768. The zero-order chi connectivity index (χ0) is 11.8. The van der Waals surface area contributed by atoms with Gasteiger partial charge in [-0.3, -0.25) is 0 Å². The van der Waals surface area contributed by atoms with Gasteiger partial charge in [0.1, 0.15) is 0 Å². The Morgan fingerprint density at radius 2 is 2.44 bits per heavy atom. The van der Waals surface area contributed by atoms with Crippen molar-refractivity contribution in [1.29, 1.82) is 0 Å². The number of hydrogen-bond donors (Lipinski definition) is 1. The third-order valence-electron chi connectivity index (χ3n) is 2.15. The topological polar surface area (TPSA) is 24.5 Å². The molecule has 16 heavy (non-hydrogen) atoms. The summed E-state index contributed by atoms with van der Waals surface area (Å²) in [5.74, 6) is 0. The largest absolute Gasteiger partial charge is 0.385 e. The lowest BCUT2D eigenvalue weighted by atomic mass is 10.3. The van der Waals surface area contributed by atoms with Crippen molar-refractivity contribution in [2.45, 2.75) is 13.0 Å². The lowest BCUT2D eigenvalue weighted by Gasteiger charge is -2.20. The monoisotopic (exact) mass is 258 g/mol. The van der Waals surface area contributed by atoms with Gasteiger partial charge in [0, 0.05) is 33.9 Å². The Kier molecular flexibility index (Phi) is 6.37. The molecule has 0 spiro atoms. The van der Waals surface area contributed by atoms with Crippen LogP contribution in [0.5, 0.6) is 0 Å². The Bertz CT molecular complexity index is 301. The van der Waals surface area contributed by atoms with Crippen molar-refractivity contribution in [3.05, 3.63) is 22.4 Å². The van der Waals surface area contributed by atoms with Crippen molar-refractivity contribution >= 4 is 28.7 Å². The highest BCUT2D eigenvalue weighted by atomic mass is 32.1. The lowest BCUT2D eigenvalue weighted by Crippen LogP contribution is -2.37. The molecule has 0 saturated heterocycles. The lowest BCUT2D eigenvalue weighted by molar-refractivity contribution is 0.195. The van der Waals surface area contributed by atoms with Crippen LogP contribution in [0.3, 0.4) is 0 Å². The first-order chi connectivity index (χ1) is 7.74. The average molecular weight is 258 g/mol. The van der Waals surface area contributed by atoms with Gasteiger partial charge in [0.2, 0.25) is 0 Å². The Balaban J connectivity index is 2.20. The number of hydrogen-bond acceptors (Lipinski definition) is 3. The van der Waals surface area contributed by atoms with Crippen molar-refractivity contribution in [3.63, 3.8) is 0 Å². The van der Waals surface area contributed by atoms with Crippen molar-refractivity contribution in [2.24, 2.45) is 0 Å². The van der Waals surface area contributed by atoms with E-state index >= 15 is 0 Å². The summed E-state index contributed by atoms with van der Waals surface area (Å²) in [5.41, 5.74) is 1.30. The maximum absolute atomic E-state index is 5.28. The van der Waals surface area contributed by atoms with Gasteiger partial charge in [-0.25, -0.2) is 0 Å². The molecule has 3 nitrogen and oxygen atoms in total. The third kappa shape index (κ3) is 4.92. The molecule has 0 amide bonds. The van der Waals surface area contributed by atoms with E-state index in [0.717, 1.165) is 31.2 Å². The zero-order valence-corrected chi connectivity index (χ0v) is 11.4. The summed E-state index contributed by atoms with van der Waals surface area (Å²) in [4.78, 5) is 2.05. The Morgan fingerprint density at radius 3 is 3.06 bits per heavy atom. The predicted molar refractivity (Wildman–Crippen MR) is 72.9 cm³/mol. The maximum atomic E-state index is 5.28. The van der Waals surface area contributed by atoms with Crippen LogP contribution in [0, 0.1) is 0 Å². The summed E-state index contributed by atoms with van der Waals surface area (Å²) >= 11 is 6.99. The second kappa shape index (κ2) is 7.60. The van der Waals surface area contributed by atoms with Crippen LogP contribution in [0.4, 0.5) is 0 Å². The molecule has 0 radical (unpaired) electrons. The highest BCUT2D eigenvalue weighted by molar-refractivity contribution is 7.80. The second-order valence-corrected chi connectivity index (χ2v) is 4.73. The van der Waals surface area contributed by atoms with Crippen molar-refractivity contribution < 1.29 is 4.74 Å². The molecule has 0 aromatic carbocycles. The molecular formula is C11H18N2OS2. The van der Waals surface area contributed by atoms with Crippen LogP contribution in [-0.2, 0) is 11.3 Å². The SMILES string of the molecule is COCCCNC(=S)N(C)Cc1ccsc1. The fourth-order valence-electron chi connectivity index (χ4n) is 1.28. The molecule has 0 fully saturated rings. The Hall–Kier alpha value is -0.650. The molecule has 0 atom stereocenters. The smallest absolute Gasteiger partial charge is 0.168 e. The van der Waals surface area contributed by atoms with E-state index in [4.69, 9.17) is 17.0 Å². The van der Waals surface area contributed by atoms with E-state index in [1.165, 1.54) is 5.56 Å². The van der Waals surface area contributed by atoms with Crippen molar-refractivity contribution in [1.82, 2.24) is 10.2 Å². The van der Waals surface area contributed by atoms with Crippen LogP contribution in [0.1, 0.15) is 12.0 Å². The zero-order valence-electron chi connectivity index (χ0n) is 9.73. The molecule has 0 aliphatic carbocycles. The van der Waals surface area contributed by atoms with Gasteiger partial charge in [-0.15, -0.1) is 0 Å². The van der Waals surface area contributed by atoms with E-state index in [-0.39, 0.29) is 0 Å². The summed E-state index contributed by atoms with van der Waals surface area (Å²) in [6.45, 7) is 2.49. The average Bonchev–Trinajstić information content (AvgIpc) is 2.76. The van der Waals surface area contributed by atoms with Gasteiger partial charge in [0.05, 0.1) is 0 Å². The molecule has 1 rings (SSSR count). The van der Waals surface area contributed by atoms with Gasteiger partial charge in [-0.05, 0) is 41.0 Å². The number of methoxy groups -OCH3 is 1. The first-order valence-electron chi connectivity index (χ1n) is 5.23. The van der Waals surface area contributed by atoms with E-state index < -0.39 is 0 Å². The molecule has 0 aliphatic rings. The van der Waals surface area contributed by atoms with Crippen LogP contribution in [0.25, 0.3) is 0 Å². The number of ether oxygens (including phenoxy) is 1. The summed E-state index contributed by atoms with van der Waals surface area (Å²) in [6, 6.07) is 2.12. The van der Waals surface area contributed by atoms with Crippen molar-refractivity contribution in [3.8, 4) is 0 Å². The number of nitrogens with one attached hydrogen (secondary N) is 1. The molecule has 5 heteroatoms. The number of rotatable bonds is 6. The molecule has 1 N–H and O–H groups in total. The van der Waals surface area contributed by atoms with E-state index in [1.807, 2.05) is 11.9 Å². The predicted octanol–water partition coefficient (Wildman–Crippen LogP) is 2.09. The van der Waals surface area contributed by atoms with Gasteiger partial charge in [-0.1, -0.05) is 0 Å². The highest BCUT2D eigenvalue weighted by Crippen LogP contribution is 2.08. The molecule has 1 aromatic heterocycles. The quantitative estimate of drug-likeness (QED) is 0.624. The molecule has 0 unspecified atom stereocenters. The molecule has 0 aliphatic heterocycles. The Labute approximate surface area is 106 Å². The van der Waals surface area contributed by atoms with Crippen LogP contribution in [0.15, 0.2) is 16.8 Å². The fourth-order valence-corrected chi connectivity index (χ4v) is 2.10. The number of nitrogens with zero attached hydrogens (tertiary/aromatic N) is 1. The van der Waals surface area contributed by atoms with Crippen LogP contribution < -0.4 is 5.32 Å². The highest BCUT2D eigenvalue weighted by Gasteiger charge is 2.04. The maximum Gasteiger partial charge on any atom is 0.168 e.